The number of hydrogen-bond donors (Lipinski definition) is 1. The van der Waals surface area contributed by atoms with Gasteiger partial charge in [0.1, 0.15) is 11.4 Å². The molecule has 0 saturated heterocycles. The summed E-state index contributed by atoms with van der Waals surface area (Å²) in [6, 6.07) is 0. The molecule has 6 nitrogen and oxygen atoms in total. The highest BCUT2D eigenvalue weighted by Gasteiger charge is 2.18. The Morgan fingerprint density at radius 2 is 1.84 bits per heavy atom. The molecule has 0 radical (unpaired) electrons. The van der Waals surface area contributed by atoms with Gasteiger partial charge in [-0.3, -0.25) is 4.68 Å². The summed E-state index contributed by atoms with van der Waals surface area (Å²) in [4.78, 5) is 0. The van der Waals surface area contributed by atoms with Gasteiger partial charge in [0, 0.05) is 14.1 Å². The Labute approximate surface area is 113 Å². The van der Waals surface area contributed by atoms with E-state index in [1.54, 1.807) is 9.36 Å². The molecule has 19 heavy (non-hydrogen) atoms. The second kappa shape index (κ2) is 4.95. The maximum absolute atomic E-state index is 6.11. The Bertz CT molecular complexity index is 597. The van der Waals surface area contributed by atoms with Crippen molar-refractivity contribution in [2.24, 2.45) is 14.1 Å². The second-order valence-corrected chi connectivity index (χ2v) is 4.76. The largest absolute Gasteiger partial charge is 0.433 e. The number of aromatic nitrogens is 4. The third kappa shape index (κ3) is 2.30. The van der Waals surface area contributed by atoms with Crippen molar-refractivity contribution in [2.45, 2.75) is 33.6 Å². The lowest BCUT2D eigenvalue weighted by atomic mass is 10.2. The molecule has 6 heteroatoms. The second-order valence-electron chi connectivity index (χ2n) is 4.76. The number of aryl methyl sites for hydroxylation is 4. The van der Waals surface area contributed by atoms with Gasteiger partial charge in [-0.25, -0.2) is 4.68 Å². The summed E-state index contributed by atoms with van der Waals surface area (Å²) >= 11 is 0. The van der Waals surface area contributed by atoms with Crippen molar-refractivity contribution in [1.82, 2.24) is 19.6 Å². The zero-order chi connectivity index (χ0) is 14.2. The van der Waals surface area contributed by atoms with Gasteiger partial charge >= 0.3 is 0 Å². The molecule has 0 bridgehead atoms. The van der Waals surface area contributed by atoms with Crippen LogP contribution in [0.2, 0.25) is 0 Å². The van der Waals surface area contributed by atoms with E-state index in [1.165, 1.54) is 0 Å². The molecule has 0 aromatic carbocycles. The molecule has 2 rings (SSSR count). The maximum atomic E-state index is 6.11. The topological polar surface area (TPSA) is 70.9 Å². The molecular weight excluding hydrogens is 242 g/mol. The average Bonchev–Trinajstić information content (AvgIpc) is 2.74. The van der Waals surface area contributed by atoms with Gasteiger partial charge in [0.05, 0.1) is 11.4 Å². The Hall–Kier alpha value is -1.98. The van der Waals surface area contributed by atoms with Gasteiger partial charge in [-0.2, -0.15) is 10.2 Å². The summed E-state index contributed by atoms with van der Waals surface area (Å²) in [5.74, 6) is 1.34. The highest BCUT2D eigenvalue weighted by atomic mass is 16.5. The van der Waals surface area contributed by atoms with Gasteiger partial charge < -0.3 is 10.5 Å². The predicted octanol–water partition coefficient (Wildman–Crippen LogP) is 2.10. The fourth-order valence-electron chi connectivity index (χ4n) is 2.12. The zero-order valence-corrected chi connectivity index (χ0v) is 12.2. The predicted molar refractivity (Wildman–Crippen MR) is 74.4 cm³/mol. The van der Waals surface area contributed by atoms with E-state index in [4.69, 9.17) is 10.5 Å². The van der Waals surface area contributed by atoms with Gasteiger partial charge in [-0.1, -0.05) is 13.3 Å². The normalized spacial score (nSPS) is 11.0. The Morgan fingerprint density at radius 1 is 1.16 bits per heavy atom. The van der Waals surface area contributed by atoms with Gasteiger partial charge in [-0.05, 0) is 20.3 Å². The zero-order valence-electron chi connectivity index (χ0n) is 12.2. The highest BCUT2D eigenvalue weighted by Crippen LogP contribution is 2.33. The molecule has 0 aliphatic carbocycles. The molecule has 104 valence electrons. The molecule has 2 aromatic rings. The van der Waals surface area contributed by atoms with Crippen LogP contribution in [0.3, 0.4) is 0 Å². The van der Waals surface area contributed by atoms with Crippen LogP contribution >= 0.6 is 0 Å². The molecular formula is C13H21N5O. The quantitative estimate of drug-likeness (QED) is 0.917. The van der Waals surface area contributed by atoms with Gasteiger partial charge in [0.25, 0.3) is 0 Å². The summed E-state index contributed by atoms with van der Waals surface area (Å²) in [6.07, 6.45) is 1.86. The molecule has 0 unspecified atom stereocenters. The van der Waals surface area contributed by atoms with Crippen molar-refractivity contribution in [1.29, 1.82) is 0 Å². The van der Waals surface area contributed by atoms with E-state index in [1.807, 2.05) is 27.9 Å². The molecule has 0 amide bonds. The maximum Gasteiger partial charge on any atom is 0.241 e. The SMILES string of the molecule is CCCc1nn(C)c(Oc2c(C)nn(C)c2C)c1N. The van der Waals surface area contributed by atoms with Crippen molar-refractivity contribution < 1.29 is 4.74 Å². The fraction of sp³-hybridized carbons (Fsp3) is 0.538. The smallest absolute Gasteiger partial charge is 0.241 e. The van der Waals surface area contributed by atoms with Crippen molar-refractivity contribution in [2.75, 3.05) is 5.73 Å². The van der Waals surface area contributed by atoms with Crippen molar-refractivity contribution in [3.63, 3.8) is 0 Å². The number of rotatable bonds is 4. The molecule has 0 atom stereocenters. The first kappa shape index (κ1) is 13.5. The number of hydrogen-bond acceptors (Lipinski definition) is 4. The monoisotopic (exact) mass is 263 g/mol. The molecule has 0 aliphatic rings. The molecule has 2 heterocycles. The summed E-state index contributed by atoms with van der Waals surface area (Å²) < 4.78 is 9.42. The Kier molecular flexibility index (Phi) is 3.50. The standard InChI is InChI=1S/C13H21N5O/c1-6-7-10-11(14)13(18(5)16-10)19-12-8(2)15-17(4)9(12)3/h6-7,14H2,1-5H3. The lowest BCUT2D eigenvalue weighted by molar-refractivity contribution is 0.426. The van der Waals surface area contributed by atoms with Crippen LogP contribution in [0.1, 0.15) is 30.4 Å². The van der Waals surface area contributed by atoms with E-state index in [9.17, 15) is 0 Å². The van der Waals surface area contributed by atoms with E-state index in [0.717, 1.165) is 35.7 Å². The van der Waals surface area contributed by atoms with Crippen LogP contribution in [0.25, 0.3) is 0 Å². The molecule has 0 saturated carbocycles. The van der Waals surface area contributed by atoms with E-state index >= 15 is 0 Å². The summed E-state index contributed by atoms with van der Waals surface area (Å²) in [5.41, 5.74) is 9.43. The van der Waals surface area contributed by atoms with E-state index < -0.39 is 0 Å². The molecule has 0 aliphatic heterocycles. The first-order valence-corrected chi connectivity index (χ1v) is 6.45. The van der Waals surface area contributed by atoms with E-state index in [0.29, 0.717) is 11.6 Å². The van der Waals surface area contributed by atoms with Crippen LogP contribution in [-0.4, -0.2) is 19.6 Å². The molecule has 2 aromatic heterocycles. The third-order valence-corrected chi connectivity index (χ3v) is 3.23. The van der Waals surface area contributed by atoms with Crippen LogP contribution < -0.4 is 10.5 Å². The van der Waals surface area contributed by atoms with Crippen molar-refractivity contribution >= 4 is 5.69 Å². The van der Waals surface area contributed by atoms with Gasteiger partial charge in [-0.15, -0.1) is 0 Å². The number of ether oxygens (including phenoxy) is 1. The number of nitrogen functional groups attached to an aromatic ring is 1. The number of anilines is 1. The highest BCUT2D eigenvalue weighted by molar-refractivity contribution is 5.55. The third-order valence-electron chi connectivity index (χ3n) is 3.23. The minimum atomic E-state index is 0.586. The lowest BCUT2D eigenvalue weighted by Gasteiger charge is -2.07. The molecule has 2 N–H and O–H groups in total. The first-order valence-electron chi connectivity index (χ1n) is 6.45. The minimum absolute atomic E-state index is 0.586. The summed E-state index contributed by atoms with van der Waals surface area (Å²) in [7, 11) is 3.73. The van der Waals surface area contributed by atoms with Crippen molar-refractivity contribution in [3.05, 3.63) is 17.1 Å². The van der Waals surface area contributed by atoms with E-state index in [2.05, 4.69) is 17.1 Å². The average molecular weight is 263 g/mol. The number of nitrogens with two attached hydrogens (primary N) is 1. The van der Waals surface area contributed by atoms with Gasteiger partial charge in [0.15, 0.2) is 5.75 Å². The van der Waals surface area contributed by atoms with Crippen molar-refractivity contribution in [3.8, 4) is 11.6 Å². The summed E-state index contributed by atoms with van der Waals surface area (Å²) in [6.45, 7) is 5.99. The van der Waals surface area contributed by atoms with Crippen LogP contribution in [0.15, 0.2) is 0 Å². The molecule has 0 spiro atoms. The molecule has 0 fully saturated rings. The Morgan fingerprint density at radius 3 is 2.37 bits per heavy atom. The van der Waals surface area contributed by atoms with Crippen LogP contribution in [0, 0.1) is 13.8 Å². The minimum Gasteiger partial charge on any atom is -0.433 e. The van der Waals surface area contributed by atoms with Crippen LogP contribution in [0.4, 0.5) is 5.69 Å². The summed E-state index contributed by atoms with van der Waals surface area (Å²) in [5, 5.41) is 8.73. The Balaban J connectivity index is 2.38. The fourth-order valence-corrected chi connectivity index (χ4v) is 2.12. The van der Waals surface area contributed by atoms with Gasteiger partial charge in [0.2, 0.25) is 5.88 Å². The van der Waals surface area contributed by atoms with Crippen LogP contribution in [0.5, 0.6) is 11.6 Å². The number of nitrogens with zero attached hydrogens (tertiary/aromatic N) is 4. The van der Waals surface area contributed by atoms with Crippen LogP contribution in [-0.2, 0) is 20.5 Å². The van der Waals surface area contributed by atoms with E-state index in [-0.39, 0.29) is 0 Å². The first-order chi connectivity index (χ1) is 8.95. The lowest BCUT2D eigenvalue weighted by Crippen LogP contribution is -1.99.